The van der Waals surface area contributed by atoms with Gasteiger partial charge in [-0.25, -0.2) is 4.79 Å². The van der Waals surface area contributed by atoms with Gasteiger partial charge in [-0.1, -0.05) is 19.9 Å². The zero-order chi connectivity index (χ0) is 11.5. The SMILES string of the molecule is CC=C(C)C(=O)OC1(C(C)C)CCCC1. The Labute approximate surface area is 92.7 Å². The van der Waals surface area contributed by atoms with Crippen LogP contribution in [0.15, 0.2) is 11.6 Å². The second kappa shape index (κ2) is 4.82. The molecule has 0 bridgehead atoms. The zero-order valence-electron chi connectivity index (χ0n) is 10.3. The highest BCUT2D eigenvalue weighted by molar-refractivity contribution is 5.88. The molecule has 0 aromatic carbocycles. The molecule has 1 saturated carbocycles. The maximum absolute atomic E-state index is 11.7. The summed E-state index contributed by atoms with van der Waals surface area (Å²) in [5, 5.41) is 0. The van der Waals surface area contributed by atoms with Gasteiger partial charge >= 0.3 is 5.97 Å². The fourth-order valence-corrected chi connectivity index (χ4v) is 2.15. The van der Waals surface area contributed by atoms with Crippen molar-refractivity contribution in [1.82, 2.24) is 0 Å². The molecular formula is C13H22O2. The normalized spacial score (nSPS) is 20.7. The van der Waals surface area contributed by atoms with Crippen LogP contribution in [0.3, 0.4) is 0 Å². The second-order valence-electron chi connectivity index (χ2n) is 4.79. The fraction of sp³-hybridized carbons (Fsp3) is 0.769. The van der Waals surface area contributed by atoms with Crippen molar-refractivity contribution in [3.63, 3.8) is 0 Å². The van der Waals surface area contributed by atoms with E-state index in [0.717, 1.165) is 12.8 Å². The van der Waals surface area contributed by atoms with Crippen LogP contribution in [-0.2, 0) is 9.53 Å². The maximum Gasteiger partial charge on any atom is 0.333 e. The molecule has 0 aromatic rings. The Morgan fingerprint density at radius 3 is 2.27 bits per heavy atom. The molecule has 1 rings (SSSR count). The minimum atomic E-state index is -0.193. The lowest BCUT2D eigenvalue weighted by atomic mass is 9.88. The molecule has 1 fully saturated rings. The molecule has 0 saturated heterocycles. The summed E-state index contributed by atoms with van der Waals surface area (Å²) < 4.78 is 5.71. The lowest BCUT2D eigenvalue weighted by Crippen LogP contribution is -2.37. The van der Waals surface area contributed by atoms with Crippen molar-refractivity contribution in [3.8, 4) is 0 Å². The van der Waals surface area contributed by atoms with E-state index in [1.54, 1.807) is 0 Å². The quantitative estimate of drug-likeness (QED) is 0.526. The van der Waals surface area contributed by atoms with Gasteiger partial charge in [0.2, 0.25) is 0 Å². The van der Waals surface area contributed by atoms with E-state index in [1.165, 1.54) is 12.8 Å². The molecule has 1 aliphatic rings. The van der Waals surface area contributed by atoms with Gasteiger partial charge in [-0.3, -0.25) is 0 Å². The summed E-state index contributed by atoms with van der Waals surface area (Å²) in [6, 6.07) is 0. The first-order chi connectivity index (χ1) is 7.02. The monoisotopic (exact) mass is 210 g/mol. The standard InChI is InChI=1S/C13H22O2/c1-5-11(4)12(14)15-13(10(2)3)8-6-7-9-13/h5,10H,6-9H2,1-4H3. The van der Waals surface area contributed by atoms with Crippen molar-refractivity contribution in [1.29, 1.82) is 0 Å². The van der Waals surface area contributed by atoms with Gasteiger partial charge in [0.25, 0.3) is 0 Å². The van der Waals surface area contributed by atoms with E-state index in [4.69, 9.17) is 4.74 Å². The van der Waals surface area contributed by atoms with Crippen molar-refractivity contribution in [2.24, 2.45) is 5.92 Å². The van der Waals surface area contributed by atoms with Crippen LogP contribution in [0.5, 0.6) is 0 Å². The first-order valence-corrected chi connectivity index (χ1v) is 5.88. The molecule has 0 atom stereocenters. The predicted molar refractivity (Wildman–Crippen MR) is 61.6 cm³/mol. The van der Waals surface area contributed by atoms with E-state index in [-0.39, 0.29) is 11.6 Å². The number of allylic oxidation sites excluding steroid dienone is 1. The third-order valence-corrected chi connectivity index (χ3v) is 3.55. The van der Waals surface area contributed by atoms with E-state index in [9.17, 15) is 4.79 Å². The first kappa shape index (κ1) is 12.3. The van der Waals surface area contributed by atoms with E-state index >= 15 is 0 Å². The molecule has 0 aliphatic heterocycles. The summed E-state index contributed by atoms with van der Waals surface area (Å²) in [6.45, 7) is 7.96. The summed E-state index contributed by atoms with van der Waals surface area (Å²) >= 11 is 0. The van der Waals surface area contributed by atoms with Crippen molar-refractivity contribution >= 4 is 5.97 Å². The smallest absolute Gasteiger partial charge is 0.333 e. The van der Waals surface area contributed by atoms with Gasteiger partial charge in [-0.2, -0.15) is 0 Å². The van der Waals surface area contributed by atoms with Gasteiger partial charge in [0.05, 0.1) is 0 Å². The summed E-state index contributed by atoms with van der Waals surface area (Å²) in [5.41, 5.74) is 0.517. The Balaban J connectivity index is 2.72. The fourth-order valence-electron chi connectivity index (χ4n) is 2.15. The van der Waals surface area contributed by atoms with E-state index in [1.807, 2.05) is 19.9 Å². The highest BCUT2D eigenvalue weighted by Gasteiger charge is 2.40. The summed E-state index contributed by atoms with van der Waals surface area (Å²) in [7, 11) is 0. The molecule has 0 amide bonds. The Hall–Kier alpha value is -0.790. The lowest BCUT2D eigenvalue weighted by molar-refractivity contribution is -0.159. The molecule has 0 radical (unpaired) electrons. The van der Waals surface area contributed by atoms with Gasteiger partial charge in [-0.05, 0) is 45.4 Å². The van der Waals surface area contributed by atoms with E-state index < -0.39 is 0 Å². The minimum absolute atomic E-state index is 0.145. The molecule has 86 valence electrons. The first-order valence-electron chi connectivity index (χ1n) is 5.88. The van der Waals surface area contributed by atoms with Crippen LogP contribution in [0.4, 0.5) is 0 Å². The van der Waals surface area contributed by atoms with Crippen LogP contribution in [0.1, 0.15) is 53.4 Å². The molecule has 15 heavy (non-hydrogen) atoms. The van der Waals surface area contributed by atoms with Crippen molar-refractivity contribution in [3.05, 3.63) is 11.6 Å². The van der Waals surface area contributed by atoms with E-state index in [0.29, 0.717) is 11.5 Å². The van der Waals surface area contributed by atoms with Gasteiger partial charge in [0, 0.05) is 5.57 Å². The zero-order valence-corrected chi connectivity index (χ0v) is 10.3. The molecule has 2 nitrogen and oxygen atoms in total. The molecule has 2 heteroatoms. The van der Waals surface area contributed by atoms with Gasteiger partial charge < -0.3 is 4.74 Å². The van der Waals surface area contributed by atoms with Crippen molar-refractivity contribution in [2.75, 3.05) is 0 Å². The number of esters is 1. The third-order valence-electron chi connectivity index (χ3n) is 3.55. The molecule has 0 spiro atoms. The highest BCUT2D eigenvalue weighted by atomic mass is 16.6. The molecule has 0 heterocycles. The number of rotatable bonds is 3. The maximum atomic E-state index is 11.7. The lowest BCUT2D eigenvalue weighted by Gasteiger charge is -2.33. The van der Waals surface area contributed by atoms with Crippen LogP contribution >= 0.6 is 0 Å². The van der Waals surface area contributed by atoms with Crippen LogP contribution in [0.2, 0.25) is 0 Å². The Kier molecular flexibility index (Phi) is 3.95. The largest absolute Gasteiger partial charge is 0.455 e. The minimum Gasteiger partial charge on any atom is -0.455 e. The number of carbonyl (C=O) groups is 1. The Bertz CT molecular complexity index is 258. The molecule has 0 N–H and O–H groups in total. The van der Waals surface area contributed by atoms with Gasteiger partial charge in [0.1, 0.15) is 5.60 Å². The summed E-state index contributed by atoms with van der Waals surface area (Å²) in [5.74, 6) is 0.265. The predicted octanol–water partition coefficient (Wildman–Crippen LogP) is 3.46. The second-order valence-corrected chi connectivity index (χ2v) is 4.79. The topological polar surface area (TPSA) is 26.3 Å². The van der Waals surface area contributed by atoms with Crippen LogP contribution in [0.25, 0.3) is 0 Å². The molecule has 1 aliphatic carbocycles. The average Bonchev–Trinajstić information content (AvgIpc) is 2.66. The Morgan fingerprint density at radius 1 is 1.33 bits per heavy atom. The van der Waals surface area contributed by atoms with Gasteiger partial charge in [-0.15, -0.1) is 0 Å². The number of hydrogen-bond donors (Lipinski definition) is 0. The number of ether oxygens (including phenoxy) is 1. The Morgan fingerprint density at radius 2 is 1.87 bits per heavy atom. The van der Waals surface area contributed by atoms with E-state index in [2.05, 4.69) is 13.8 Å². The van der Waals surface area contributed by atoms with Crippen molar-refractivity contribution in [2.45, 2.75) is 59.0 Å². The number of carbonyl (C=O) groups excluding carboxylic acids is 1. The molecular weight excluding hydrogens is 188 g/mol. The molecule has 0 unspecified atom stereocenters. The van der Waals surface area contributed by atoms with Crippen molar-refractivity contribution < 1.29 is 9.53 Å². The van der Waals surface area contributed by atoms with Crippen LogP contribution in [-0.4, -0.2) is 11.6 Å². The molecule has 0 aromatic heterocycles. The summed E-state index contributed by atoms with van der Waals surface area (Å²) in [6.07, 6.45) is 6.22. The van der Waals surface area contributed by atoms with Crippen LogP contribution in [0, 0.1) is 5.92 Å². The number of hydrogen-bond acceptors (Lipinski definition) is 2. The third kappa shape index (κ3) is 2.61. The van der Waals surface area contributed by atoms with Crippen LogP contribution < -0.4 is 0 Å². The highest BCUT2D eigenvalue weighted by Crippen LogP contribution is 2.39. The average molecular weight is 210 g/mol. The summed E-state index contributed by atoms with van der Waals surface area (Å²) in [4.78, 5) is 11.7. The van der Waals surface area contributed by atoms with Gasteiger partial charge in [0.15, 0.2) is 0 Å².